The fourth-order valence-electron chi connectivity index (χ4n) is 3.66. The van der Waals surface area contributed by atoms with Gasteiger partial charge in [0.2, 0.25) is 5.91 Å². The molecule has 0 aromatic heterocycles. The lowest BCUT2D eigenvalue weighted by Crippen LogP contribution is -2.47. The van der Waals surface area contributed by atoms with E-state index in [4.69, 9.17) is 5.73 Å². The Hall–Kier alpha value is -0.570. The molecule has 0 aromatic rings. The van der Waals surface area contributed by atoms with E-state index < -0.39 is 0 Å². The molecule has 0 saturated heterocycles. The highest BCUT2D eigenvalue weighted by Gasteiger charge is 2.31. The monoisotopic (exact) mass is 252 g/mol. The molecule has 2 rings (SSSR count). The summed E-state index contributed by atoms with van der Waals surface area (Å²) in [5.41, 5.74) is 5.38. The third-order valence-electron chi connectivity index (χ3n) is 5.29. The average Bonchev–Trinajstić information content (AvgIpc) is 2.36. The smallest absolute Gasteiger partial charge is 0.220 e. The zero-order valence-corrected chi connectivity index (χ0v) is 11.8. The van der Waals surface area contributed by atoms with Crippen molar-refractivity contribution in [2.75, 3.05) is 0 Å². The highest BCUT2D eigenvalue weighted by molar-refractivity contribution is 5.76. The molecule has 2 aliphatic carbocycles. The number of rotatable bonds is 3. The first-order valence-corrected chi connectivity index (χ1v) is 7.63. The summed E-state index contributed by atoms with van der Waals surface area (Å²) < 4.78 is 0. The van der Waals surface area contributed by atoms with Crippen LogP contribution in [0, 0.1) is 17.8 Å². The second kappa shape index (κ2) is 6.05. The second-order valence-corrected chi connectivity index (χ2v) is 6.49. The summed E-state index contributed by atoms with van der Waals surface area (Å²) in [6, 6.07) is 1.29. The van der Waals surface area contributed by atoms with Crippen LogP contribution in [0.4, 0.5) is 0 Å². The Morgan fingerprint density at radius 1 is 1.06 bits per heavy atom. The molecule has 0 radical (unpaired) electrons. The van der Waals surface area contributed by atoms with Crippen LogP contribution < -0.4 is 11.1 Å². The van der Waals surface area contributed by atoms with Crippen molar-refractivity contribution in [3.63, 3.8) is 0 Å². The molecule has 18 heavy (non-hydrogen) atoms. The highest BCUT2D eigenvalue weighted by atomic mass is 16.1. The molecule has 0 heterocycles. The Balaban J connectivity index is 1.79. The van der Waals surface area contributed by atoms with Crippen molar-refractivity contribution in [3.05, 3.63) is 0 Å². The normalized spacial score (nSPS) is 41.6. The van der Waals surface area contributed by atoms with Crippen molar-refractivity contribution in [1.29, 1.82) is 0 Å². The molecule has 2 aliphatic rings. The van der Waals surface area contributed by atoms with Crippen molar-refractivity contribution in [2.45, 2.75) is 70.9 Å². The first kappa shape index (κ1) is 13.9. The summed E-state index contributed by atoms with van der Waals surface area (Å²) in [6.45, 7) is 4.76. The van der Waals surface area contributed by atoms with Gasteiger partial charge in [0.25, 0.3) is 0 Å². The summed E-state index contributed by atoms with van der Waals surface area (Å²) in [5, 5.41) is 3.85. The fraction of sp³-hybridized carbons (Fsp3) is 0.933. The van der Waals surface area contributed by atoms with Crippen LogP contribution in [0.1, 0.15) is 58.8 Å². The Morgan fingerprint density at radius 3 is 2.33 bits per heavy atom. The van der Waals surface area contributed by atoms with Crippen molar-refractivity contribution in [3.8, 4) is 0 Å². The van der Waals surface area contributed by atoms with Crippen LogP contribution in [0.25, 0.3) is 0 Å². The number of amides is 1. The summed E-state index contributed by atoms with van der Waals surface area (Å²) in [7, 11) is 0. The number of carbonyl (C=O) groups excluding carboxylic acids is 1. The standard InChI is InChI=1S/C15H28N2O/c1-10-4-3-5-14(11(10)2)17-13-8-6-12(7-9-13)15(16)18/h10-14,17H,3-9H2,1-2H3,(H2,16,18). The maximum Gasteiger partial charge on any atom is 0.220 e. The molecule has 0 aliphatic heterocycles. The SMILES string of the molecule is CC1CCCC(NC2CCC(C(N)=O)CC2)C1C. The molecule has 2 saturated carbocycles. The van der Waals surface area contributed by atoms with Gasteiger partial charge in [-0.1, -0.05) is 26.7 Å². The van der Waals surface area contributed by atoms with E-state index in [-0.39, 0.29) is 11.8 Å². The lowest BCUT2D eigenvalue weighted by Gasteiger charge is -2.39. The lowest BCUT2D eigenvalue weighted by molar-refractivity contribution is -0.122. The van der Waals surface area contributed by atoms with E-state index in [1.165, 1.54) is 19.3 Å². The van der Waals surface area contributed by atoms with Crippen LogP contribution in [0.15, 0.2) is 0 Å². The number of primary amides is 1. The molecule has 1 amide bonds. The van der Waals surface area contributed by atoms with E-state index in [1.807, 2.05) is 0 Å². The van der Waals surface area contributed by atoms with E-state index >= 15 is 0 Å². The summed E-state index contributed by atoms with van der Waals surface area (Å²) in [4.78, 5) is 11.1. The first-order valence-electron chi connectivity index (χ1n) is 7.63. The van der Waals surface area contributed by atoms with Crippen LogP contribution >= 0.6 is 0 Å². The Kier molecular flexibility index (Phi) is 4.66. The zero-order valence-electron chi connectivity index (χ0n) is 11.8. The van der Waals surface area contributed by atoms with Crippen molar-refractivity contribution in [2.24, 2.45) is 23.5 Å². The summed E-state index contributed by atoms with van der Waals surface area (Å²) in [5.74, 6) is 1.66. The highest BCUT2D eigenvalue weighted by Crippen LogP contribution is 2.31. The van der Waals surface area contributed by atoms with Crippen LogP contribution in [0.3, 0.4) is 0 Å². The summed E-state index contributed by atoms with van der Waals surface area (Å²) >= 11 is 0. The largest absolute Gasteiger partial charge is 0.369 e. The molecule has 0 aromatic carbocycles. The lowest BCUT2D eigenvalue weighted by atomic mass is 9.77. The second-order valence-electron chi connectivity index (χ2n) is 6.49. The van der Waals surface area contributed by atoms with E-state index in [0.29, 0.717) is 12.1 Å². The minimum atomic E-state index is -0.104. The van der Waals surface area contributed by atoms with Gasteiger partial charge < -0.3 is 11.1 Å². The van der Waals surface area contributed by atoms with Gasteiger partial charge in [-0.25, -0.2) is 0 Å². The summed E-state index contributed by atoms with van der Waals surface area (Å²) in [6.07, 6.45) is 8.25. The third kappa shape index (κ3) is 3.25. The molecule has 3 N–H and O–H groups in total. The van der Waals surface area contributed by atoms with Gasteiger partial charge in [-0.3, -0.25) is 4.79 Å². The Labute approximate surface area is 111 Å². The molecule has 2 fully saturated rings. The third-order valence-corrected chi connectivity index (χ3v) is 5.29. The molecule has 3 atom stereocenters. The predicted molar refractivity (Wildman–Crippen MR) is 74.0 cm³/mol. The quantitative estimate of drug-likeness (QED) is 0.810. The Bertz CT molecular complexity index is 284. The van der Waals surface area contributed by atoms with Gasteiger partial charge in [-0.2, -0.15) is 0 Å². The van der Waals surface area contributed by atoms with Gasteiger partial charge in [-0.15, -0.1) is 0 Å². The van der Waals surface area contributed by atoms with Gasteiger partial charge in [0.1, 0.15) is 0 Å². The maximum absolute atomic E-state index is 11.1. The van der Waals surface area contributed by atoms with Crippen LogP contribution in [0.2, 0.25) is 0 Å². The van der Waals surface area contributed by atoms with E-state index in [0.717, 1.165) is 37.5 Å². The predicted octanol–water partition coefficient (Wildman–Crippen LogP) is 2.44. The molecular formula is C15H28N2O. The van der Waals surface area contributed by atoms with Gasteiger partial charge in [0.05, 0.1) is 0 Å². The van der Waals surface area contributed by atoms with Crippen molar-refractivity contribution < 1.29 is 4.79 Å². The average molecular weight is 252 g/mol. The fourth-order valence-corrected chi connectivity index (χ4v) is 3.66. The number of hydrogen-bond acceptors (Lipinski definition) is 2. The Morgan fingerprint density at radius 2 is 1.72 bits per heavy atom. The zero-order chi connectivity index (χ0) is 13.1. The molecule has 0 bridgehead atoms. The van der Waals surface area contributed by atoms with Crippen LogP contribution in [0.5, 0.6) is 0 Å². The minimum absolute atomic E-state index is 0.104. The minimum Gasteiger partial charge on any atom is -0.369 e. The molecule has 3 unspecified atom stereocenters. The molecule has 3 nitrogen and oxygen atoms in total. The molecular weight excluding hydrogens is 224 g/mol. The van der Waals surface area contributed by atoms with Crippen LogP contribution in [-0.2, 0) is 4.79 Å². The topological polar surface area (TPSA) is 55.1 Å². The van der Waals surface area contributed by atoms with E-state index in [1.54, 1.807) is 0 Å². The van der Waals surface area contributed by atoms with E-state index in [2.05, 4.69) is 19.2 Å². The van der Waals surface area contributed by atoms with E-state index in [9.17, 15) is 4.79 Å². The van der Waals surface area contributed by atoms with Crippen molar-refractivity contribution in [1.82, 2.24) is 5.32 Å². The number of hydrogen-bond donors (Lipinski definition) is 2. The van der Waals surface area contributed by atoms with Gasteiger partial charge >= 0.3 is 0 Å². The van der Waals surface area contributed by atoms with Crippen LogP contribution in [-0.4, -0.2) is 18.0 Å². The molecule has 104 valence electrons. The van der Waals surface area contributed by atoms with Gasteiger partial charge in [-0.05, 0) is 43.9 Å². The van der Waals surface area contributed by atoms with Gasteiger partial charge in [0, 0.05) is 18.0 Å². The maximum atomic E-state index is 11.1. The van der Waals surface area contributed by atoms with Gasteiger partial charge in [0.15, 0.2) is 0 Å². The first-order chi connectivity index (χ1) is 8.58. The number of nitrogens with one attached hydrogen (secondary N) is 1. The van der Waals surface area contributed by atoms with Crippen molar-refractivity contribution >= 4 is 5.91 Å². The number of carbonyl (C=O) groups is 1. The molecule has 0 spiro atoms. The number of nitrogens with two attached hydrogens (primary N) is 1. The molecule has 3 heteroatoms.